The summed E-state index contributed by atoms with van der Waals surface area (Å²) >= 11 is 1.72. The van der Waals surface area contributed by atoms with E-state index < -0.39 is 0 Å². The van der Waals surface area contributed by atoms with E-state index in [-0.39, 0.29) is 5.54 Å². The van der Waals surface area contributed by atoms with Crippen LogP contribution in [0.1, 0.15) is 23.3 Å². The number of aromatic nitrogens is 1. The van der Waals surface area contributed by atoms with Crippen LogP contribution in [0.3, 0.4) is 0 Å². The van der Waals surface area contributed by atoms with Crippen LogP contribution >= 0.6 is 11.3 Å². The van der Waals surface area contributed by atoms with Crippen molar-refractivity contribution in [1.82, 2.24) is 4.98 Å². The molecule has 0 saturated heterocycles. The van der Waals surface area contributed by atoms with Crippen molar-refractivity contribution in [3.8, 4) is 22.8 Å². The Bertz CT molecular complexity index is 932. The average Bonchev–Trinajstić information content (AvgIpc) is 3.10. The van der Waals surface area contributed by atoms with Gasteiger partial charge in [-0.25, -0.2) is 4.98 Å². The summed E-state index contributed by atoms with van der Waals surface area (Å²) in [7, 11) is 0. The van der Waals surface area contributed by atoms with Gasteiger partial charge in [0.1, 0.15) is 0 Å². The first-order chi connectivity index (χ1) is 12.2. The molecular weight excluding hydrogens is 332 g/mol. The van der Waals surface area contributed by atoms with Gasteiger partial charge in [-0.15, -0.1) is 11.3 Å². The van der Waals surface area contributed by atoms with E-state index in [1.54, 1.807) is 11.3 Å². The molecule has 3 aromatic rings. The Hall–Kier alpha value is -2.53. The van der Waals surface area contributed by atoms with Crippen LogP contribution in [-0.4, -0.2) is 11.8 Å². The Balaban J connectivity index is 1.44. The molecule has 0 radical (unpaired) electrons. The Morgan fingerprint density at radius 3 is 2.64 bits per heavy atom. The Labute approximate surface area is 150 Å². The molecule has 1 N–H and O–H groups in total. The van der Waals surface area contributed by atoms with Gasteiger partial charge in [0.15, 0.2) is 16.6 Å². The standard InChI is InChI=1S/C20H18N2O2S/c1-13-18(14-5-3-2-4-6-14)21-19(25-13)22-20(9-10-20)15-7-8-16-17(11-15)24-12-23-16/h2-8,11H,9-10,12H2,1H3,(H,21,22). The third kappa shape index (κ3) is 2.55. The number of anilines is 1. The smallest absolute Gasteiger partial charge is 0.231 e. The van der Waals surface area contributed by atoms with Crippen molar-refractivity contribution in [1.29, 1.82) is 0 Å². The summed E-state index contributed by atoms with van der Waals surface area (Å²) < 4.78 is 11.0. The molecule has 4 nitrogen and oxygen atoms in total. The van der Waals surface area contributed by atoms with Gasteiger partial charge < -0.3 is 14.8 Å². The molecule has 0 unspecified atom stereocenters. The van der Waals surface area contributed by atoms with Crippen molar-refractivity contribution in [3.05, 3.63) is 59.0 Å². The fraction of sp³-hybridized carbons (Fsp3) is 0.250. The van der Waals surface area contributed by atoms with Gasteiger partial charge in [0.2, 0.25) is 6.79 Å². The molecule has 2 aromatic carbocycles. The fourth-order valence-electron chi connectivity index (χ4n) is 3.32. The number of rotatable bonds is 4. The number of ether oxygens (including phenoxy) is 2. The number of thiazole rings is 1. The van der Waals surface area contributed by atoms with Gasteiger partial charge in [0.25, 0.3) is 0 Å². The molecule has 1 aliphatic carbocycles. The van der Waals surface area contributed by atoms with Gasteiger partial charge >= 0.3 is 0 Å². The summed E-state index contributed by atoms with van der Waals surface area (Å²) in [5, 5.41) is 4.66. The van der Waals surface area contributed by atoms with E-state index >= 15 is 0 Å². The third-order valence-corrected chi connectivity index (χ3v) is 5.75. The van der Waals surface area contributed by atoms with Crippen LogP contribution < -0.4 is 14.8 Å². The highest BCUT2D eigenvalue weighted by atomic mass is 32.1. The molecule has 1 aliphatic heterocycles. The quantitative estimate of drug-likeness (QED) is 0.723. The molecule has 1 fully saturated rings. The molecule has 126 valence electrons. The number of benzene rings is 2. The molecule has 0 atom stereocenters. The first-order valence-corrected chi connectivity index (χ1v) is 9.26. The molecule has 2 aliphatic rings. The van der Waals surface area contributed by atoms with Gasteiger partial charge in [-0.3, -0.25) is 0 Å². The Morgan fingerprint density at radius 2 is 1.84 bits per heavy atom. The molecule has 2 heterocycles. The second kappa shape index (κ2) is 5.49. The van der Waals surface area contributed by atoms with Crippen molar-refractivity contribution in [2.75, 3.05) is 12.1 Å². The Kier molecular flexibility index (Phi) is 3.25. The first kappa shape index (κ1) is 14.8. The maximum absolute atomic E-state index is 5.53. The van der Waals surface area contributed by atoms with Crippen molar-refractivity contribution in [2.45, 2.75) is 25.3 Å². The van der Waals surface area contributed by atoms with Crippen LogP contribution in [0.4, 0.5) is 5.13 Å². The van der Waals surface area contributed by atoms with E-state index in [9.17, 15) is 0 Å². The molecule has 0 spiro atoms. The van der Waals surface area contributed by atoms with E-state index in [1.807, 2.05) is 12.1 Å². The zero-order chi connectivity index (χ0) is 16.9. The number of hydrogen-bond donors (Lipinski definition) is 1. The average molecular weight is 350 g/mol. The summed E-state index contributed by atoms with van der Waals surface area (Å²) in [6.07, 6.45) is 2.21. The number of nitrogens with zero attached hydrogens (tertiary/aromatic N) is 1. The number of fused-ring (bicyclic) bond motifs is 1. The molecule has 5 heteroatoms. The minimum absolute atomic E-state index is 0.0285. The first-order valence-electron chi connectivity index (χ1n) is 8.45. The van der Waals surface area contributed by atoms with Crippen molar-refractivity contribution >= 4 is 16.5 Å². The largest absolute Gasteiger partial charge is 0.454 e. The normalized spacial score (nSPS) is 16.7. The molecule has 1 aromatic heterocycles. The van der Waals surface area contributed by atoms with Crippen molar-refractivity contribution in [3.63, 3.8) is 0 Å². The molecule has 1 saturated carbocycles. The molecule has 0 amide bonds. The highest BCUT2D eigenvalue weighted by molar-refractivity contribution is 7.16. The minimum atomic E-state index is -0.0285. The lowest BCUT2D eigenvalue weighted by Gasteiger charge is -2.17. The van der Waals surface area contributed by atoms with Gasteiger partial charge in [-0.2, -0.15) is 0 Å². The molecule has 25 heavy (non-hydrogen) atoms. The Morgan fingerprint density at radius 1 is 1.04 bits per heavy atom. The maximum Gasteiger partial charge on any atom is 0.231 e. The zero-order valence-corrected chi connectivity index (χ0v) is 14.7. The number of aryl methyl sites for hydroxylation is 1. The lowest BCUT2D eigenvalue weighted by atomic mass is 10.0. The third-order valence-electron chi connectivity index (χ3n) is 4.87. The highest BCUT2D eigenvalue weighted by Gasteiger charge is 2.45. The SMILES string of the molecule is Cc1sc(NC2(c3ccc4c(c3)OCO4)CC2)nc1-c1ccccc1. The number of hydrogen-bond acceptors (Lipinski definition) is 5. The summed E-state index contributed by atoms with van der Waals surface area (Å²) in [5.41, 5.74) is 3.44. The summed E-state index contributed by atoms with van der Waals surface area (Å²) in [6.45, 7) is 2.44. The minimum Gasteiger partial charge on any atom is -0.454 e. The van der Waals surface area contributed by atoms with E-state index in [0.29, 0.717) is 6.79 Å². The van der Waals surface area contributed by atoms with Crippen LogP contribution in [-0.2, 0) is 5.54 Å². The van der Waals surface area contributed by atoms with Gasteiger partial charge in [-0.1, -0.05) is 36.4 Å². The molecule has 5 rings (SSSR count). The van der Waals surface area contributed by atoms with Crippen LogP contribution in [0.5, 0.6) is 11.5 Å². The van der Waals surface area contributed by atoms with Gasteiger partial charge in [-0.05, 0) is 37.5 Å². The molecular formula is C20H18N2O2S. The second-order valence-corrected chi connectivity index (χ2v) is 7.77. The second-order valence-electron chi connectivity index (χ2n) is 6.56. The summed E-state index contributed by atoms with van der Waals surface area (Å²) in [5.74, 6) is 1.67. The summed E-state index contributed by atoms with van der Waals surface area (Å²) in [4.78, 5) is 6.09. The highest BCUT2D eigenvalue weighted by Crippen LogP contribution is 2.51. The lowest BCUT2D eigenvalue weighted by Crippen LogP contribution is -2.18. The van der Waals surface area contributed by atoms with Crippen LogP contribution in [0, 0.1) is 6.92 Å². The van der Waals surface area contributed by atoms with E-state index in [0.717, 1.165) is 40.7 Å². The van der Waals surface area contributed by atoms with Crippen LogP contribution in [0.25, 0.3) is 11.3 Å². The predicted molar refractivity (Wildman–Crippen MR) is 99.4 cm³/mol. The fourth-order valence-corrected chi connectivity index (χ4v) is 4.26. The van der Waals surface area contributed by atoms with Crippen molar-refractivity contribution in [2.24, 2.45) is 0 Å². The molecule has 0 bridgehead atoms. The van der Waals surface area contributed by atoms with E-state index in [2.05, 4.69) is 48.6 Å². The van der Waals surface area contributed by atoms with Gasteiger partial charge in [0, 0.05) is 10.4 Å². The topological polar surface area (TPSA) is 43.4 Å². The zero-order valence-electron chi connectivity index (χ0n) is 13.9. The van der Waals surface area contributed by atoms with Crippen LogP contribution in [0.2, 0.25) is 0 Å². The maximum atomic E-state index is 5.53. The monoisotopic (exact) mass is 350 g/mol. The summed E-state index contributed by atoms with van der Waals surface area (Å²) in [6, 6.07) is 16.6. The lowest BCUT2D eigenvalue weighted by molar-refractivity contribution is 0.174. The predicted octanol–water partition coefficient (Wildman–Crippen LogP) is 4.95. The van der Waals surface area contributed by atoms with Crippen LogP contribution in [0.15, 0.2) is 48.5 Å². The van der Waals surface area contributed by atoms with E-state index in [1.165, 1.54) is 10.4 Å². The van der Waals surface area contributed by atoms with E-state index in [4.69, 9.17) is 14.5 Å². The number of nitrogens with one attached hydrogen (secondary N) is 1. The van der Waals surface area contributed by atoms with Crippen molar-refractivity contribution < 1.29 is 9.47 Å². The van der Waals surface area contributed by atoms with Gasteiger partial charge in [0.05, 0.1) is 11.2 Å².